The molecule has 2 aliphatic carbocycles. The first-order valence-electron chi connectivity index (χ1n) is 13.4. The van der Waals surface area contributed by atoms with Gasteiger partial charge < -0.3 is 24.8 Å². The summed E-state index contributed by atoms with van der Waals surface area (Å²) in [5, 5.41) is 0. The van der Waals surface area contributed by atoms with Gasteiger partial charge in [-0.15, -0.1) is 0 Å². The Balaban J connectivity index is 0.00000200. The molecule has 3 aromatic rings. The van der Waals surface area contributed by atoms with Crippen molar-refractivity contribution in [3.05, 3.63) is 116 Å². The second-order valence-corrected chi connectivity index (χ2v) is 19.8. The third-order valence-corrected chi connectivity index (χ3v) is 16.2. The van der Waals surface area contributed by atoms with E-state index in [1.165, 1.54) is 27.8 Å². The summed E-state index contributed by atoms with van der Waals surface area (Å²) in [4.78, 5) is 0. The molecular formula is C35H40Cl2Zr. The quantitative estimate of drug-likeness (QED) is 0.420. The largest absolute Gasteiger partial charge is 1.00 e. The van der Waals surface area contributed by atoms with Crippen molar-refractivity contribution < 1.29 is 46.1 Å². The van der Waals surface area contributed by atoms with Gasteiger partial charge in [0.15, 0.2) is 0 Å². The van der Waals surface area contributed by atoms with Gasteiger partial charge in [-0.05, 0) is 0 Å². The standard InChI is InChI=1S/C21H25.C9H10.C5H5.2ClH.Zr/c1-20(2,3)16-7-9-18-14(12-16)11-15-13-17(21(4,5)6)8-10-19(15)18;1-2-6-9-7-4-3-5-8-9;1-2-4-5-3-1;;;/h7-13H,1-6H3;3-5,7-8H,6H2,1H3;1-3H,4H2;2*1H;/q;;;;;+2/p-2. The molecule has 3 heteroatoms. The molecule has 2 aliphatic rings. The van der Waals surface area contributed by atoms with Crippen LogP contribution in [-0.4, -0.2) is 3.21 Å². The Morgan fingerprint density at radius 1 is 0.763 bits per heavy atom. The number of halogens is 2. The van der Waals surface area contributed by atoms with Crippen LogP contribution in [0.2, 0.25) is 0 Å². The van der Waals surface area contributed by atoms with Crippen LogP contribution in [0.4, 0.5) is 0 Å². The Morgan fingerprint density at radius 3 is 1.74 bits per heavy atom. The van der Waals surface area contributed by atoms with Crippen molar-refractivity contribution in [2.75, 3.05) is 0 Å². The van der Waals surface area contributed by atoms with E-state index >= 15 is 0 Å². The van der Waals surface area contributed by atoms with Gasteiger partial charge in [-0.3, -0.25) is 0 Å². The number of hydrogen-bond donors (Lipinski definition) is 0. The third kappa shape index (κ3) is 6.12. The fourth-order valence-corrected chi connectivity index (χ4v) is 14.5. The van der Waals surface area contributed by atoms with E-state index in [2.05, 4.69) is 133 Å². The molecule has 0 fully saturated rings. The average Bonchev–Trinajstić information content (AvgIpc) is 3.45. The molecule has 0 spiro atoms. The SMILES string of the molecule is C/[C](Cc1ccccc1)=[Zr+2](\[C]1=CC=CC1)[CH]1c2cc(C(C)(C)C)ccc2-c2ccc(C(C)(C)C)cc21.[Cl-].[Cl-]. The summed E-state index contributed by atoms with van der Waals surface area (Å²) in [5.74, 6) is 0. The molecule has 5 rings (SSSR count). The zero-order chi connectivity index (χ0) is 25.7. The summed E-state index contributed by atoms with van der Waals surface area (Å²) in [6, 6.07) is 25.9. The Labute approximate surface area is 250 Å². The molecular weight excluding hydrogens is 583 g/mol. The van der Waals surface area contributed by atoms with E-state index in [1.54, 1.807) is 17.6 Å². The molecule has 38 heavy (non-hydrogen) atoms. The number of fused-ring (bicyclic) bond motifs is 3. The number of benzene rings is 3. The number of hydrogen-bond acceptors (Lipinski definition) is 0. The molecule has 0 amide bonds. The van der Waals surface area contributed by atoms with Gasteiger partial charge in [-0.1, -0.05) is 0 Å². The van der Waals surface area contributed by atoms with Crippen LogP contribution in [0, 0.1) is 0 Å². The molecule has 0 saturated heterocycles. The first-order valence-corrected chi connectivity index (χ1v) is 17.3. The van der Waals surface area contributed by atoms with Gasteiger partial charge in [0, 0.05) is 0 Å². The minimum Gasteiger partial charge on any atom is -1.00 e. The molecule has 0 aromatic heterocycles. The van der Waals surface area contributed by atoms with E-state index < -0.39 is 21.3 Å². The van der Waals surface area contributed by atoms with E-state index in [0.717, 1.165) is 12.8 Å². The van der Waals surface area contributed by atoms with Crippen molar-refractivity contribution in [1.29, 1.82) is 0 Å². The Hall–Kier alpha value is -1.53. The van der Waals surface area contributed by atoms with Crippen molar-refractivity contribution in [2.24, 2.45) is 0 Å². The van der Waals surface area contributed by atoms with Crippen LogP contribution < -0.4 is 24.8 Å². The predicted octanol–water partition coefficient (Wildman–Crippen LogP) is 3.26. The van der Waals surface area contributed by atoms with Gasteiger partial charge in [0.05, 0.1) is 0 Å². The average molecular weight is 623 g/mol. The van der Waals surface area contributed by atoms with Crippen LogP contribution in [0.25, 0.3) is 11.1 Å². The normalized spacial score (nSPS) is 14.7. The number of allylic oxidation sites excluding steroid dienone is 4. The fourth-order valence-electron chi connectivity index (χ4n) is 5.86. The van der Waals surface area contributed by atoms with Crippen LogP contribution in [0.5, 0.6) is 0 Å². The Bertz CT molecular complexity index is 1330. The van der Waals surface area contributed by atoms with Gasteiger partial charge >= 0.3 is 227 Å². The van der Waals surface area contributed by atoms with E-state index in [1.807, 2.05) is 0 Å². The second-order valence-electron chi connectivity index (χ2n) is 12.7. The zero-order valence-corrected chi connectivity index (χ0v) is 27.8. The molecule has 0 unspecified atom stereocenters. The molecule has 0 heterocycles. The summed E-state index contributed by atoms with van der Waals surface area (Å²) in [7, 11) is 0. The molecule has 198 valence electrons. The van der Waals surface area contributed by atoms with Crippen molar-refractivity contribution in [3.63, 3.8) is 0 Å². The second kappa shape index (κ2) is 11.9. The topological polar surface area (TPSA) is 0 Å². The number of rotatable bonds is 4. The summed E-state index contributed by atoms with van der Waals surface area (Å²) >= 11 is -2.30. The first-order chi connectivity index (χ1) is 17.0. The molecule has 0 saturated carbocycles. The van der Waals surface area contributed by atoms with Crippen molar-refractivity contribution in [3.8, 4) is 11.1 Å². The zero-order valence-electron chi connectivity index (χ0n) is 23.8. The summed E-state index contributed by atoms with van der Waals surface area (Å²) < 4.78 is 4.04. The van der Waals surface area contributed by atoms with Gasteiger partial charge in [0.25, 0.3) is 0 Å². The Morgan fingerprint density at radius 2 is 1.29 bits per heavy atom. The molecule has 0 aliphatic heterocycles. The Kier molecular flexibility index (Phi) is 9.73. The van der Waals surface area contributed by atoms with E-state index in [-0.39, 0.29) is 35.6 Å². The minimum absolute atomic E-state index is 0. The van der Waals surface area contributed by atoms with Crippen molar-refractivity contribution in [2.45, 2.75) is 75.8 Å². The molecule has 0 N–H and O–H groups in total. The molecule has 0 radical (unpaired) electrons. The summed E-state index contributed by atoms with van der Waals surface area (Å²) in [6.45, 7) is 16.6. The monoisotopic (exact) mass is 620 g/mol. The van der Waals surface area contributed by atoms with Gasteiger partial charge in [-0.25, -0.2) is 0 Å². The maximum Gasteiger partial charge on any atom is -1.00 e. The fraction of sp³-hybridized carbons (Fsp3) is 0.343. The van der Waals surface area contributed by atoms with Crippen LogP contribution in [-0.2, 0) is 38.5 Å². The first kappa shape index (κ1) is 31.0. The third-order valence-electron chi connectivity index (χ3n) is 7.93. The molecule has 0 nitrogen and oxygen atoms in total. The maximum absolute atomic E-state index is 2.58. The van der Waals surface area contributed by atoms with Crippen LogP contribution in [0.15, 0.2) is 88.2 Å². The molecule has 3 aromatic carbocycles. The van der Waals surface area contributed by atoms with Crippen molar-refractivity contribution >= 4 is 3.21 Å². The van der Waals surface area contributed by atoms with E-state index in [9.17, 15) is 0 Å². The van der Waals surface area contributed by atoms with Crippen LogP contribution in [0.1, 0.15) is 86.3 Å². The summed E-state index contributed by atoms with van der Waals surface area (Å²) in [5.41, 5.74) is 10.8. The van der Waals surface area contributed by atoms with Crippen LogP contribution >= 0.6 is 0 Å². The van der Waals surface area contributed by atoms with E-state index in [0.29, 0.717) is 3.63 Å². The van der Waals surface area contributed by atoms with Crippen molar-refractivity contribution in [1.82, 2.24) is 0 Å². The maximum atomic E-state index is 2.58. The summed E-state index contributed by atoms with van der Waals surface area (Å²) in [6.07, 6.45) is 9.40. The van der Waals surface area contributed by atoms with Crippen LogP contribution in [0.3, 0.4) is 0 Å². The van der Waals surface area contributed by atoms with Gasteiger partial charge in [0.2, 0.25) is 0 Å². The molecule has 0 bridgehead atoms. The smallest absolute Gasteiger partial charge is 1.00 e. The predicted molar refractivity (Wildman–Crippen MR) is 154 cm³/mol. The van der Waals surface area contributed by atoms with Gasteiger partial charge in [-0.2, -0.15) is 0 Å². The molecule has 0 atom stereocenters. The van der Waals surface area contributed by atoms with Gasteiger partial charge in [0.1, 0.15) is 0 Å². The minimum atomic E-state index is -2.30. The van der Waals surface area contributed by atoms with E-state index in [4.69, 9.17) is 0 Å².